The molecular formula is C111H69N11O2P2S3. The summed E-state index contributed by atoms with van der Waals surface area (Å²) in [7, 11) is -6.07. The van der Waals surface area contributed by atoms with Crippen molar-refractivity contribution in [1.82, 2.24) is 51.2 Å². The molecule has 129 heavy (non-hydrogen) atoms. The van der Waals surface area contributed by atoms with E-state index in [1.54, 1.807) is 0 Å². The number of pyridine rings is 5. The molecule has 8 heterocycles. The van der Waals surface area contributed by atoms with Gasteiger partial charge in [-0.2, -0.15) is 26.2 Å². The molecule has 0 aliphatic rings. The standard InChI is InChI=1S/C37H21N5S.2C37H24N3OPS/c1-3-7-22(8-4-1)29-18-14-24-11-12-25-15-19-30(39-36(25)35(24)38-29)26-13-16-27-32(21-26)40-34(23-9-5-2-6-10-23)28-17-20-31-37(33(27)28)42-43-41-31;2*41-42(28-12-6-2-7-13-28,29-14-8-3-9-15-29)30-19-16-25(17-20-30)27-18-21-31-34(24-27)38-36(26-10-4-1-5-11-26)32-22-23-33-37(35(31)32)40-43-39-33/h1-21H;2*1-24H. The summed E-state index contributed by atoms with van der Waals surface area (Å²) in [6.07, 6.45) is 0. The van der Waals surface area contributed by atoms with Gasteiger partial charge in [0.25, 0.3) is 0 Å². The second kappa shape index (κ2) is 33.1. The molecule has 0 N–H and O–H groups in total. The van der Waals surface area contributed by atoms with Crippen molar-refractivity contribution in [3.63, 3.8) is 0 Å². The summed E-state index contributed by atoms with van der Waals surface area (Å²) >= 11 is 3.71. The van der Waals surface area contributed by atoms with E-state index in [4.69, 9.17) is 24.9 Å². The largest absolute Gasteiger partial charge is 0.309 e. The third kappa shape index (κ3) is 14.2. The fourth-order valence-electron chi connectivity index (χ4n) is 17.9. The third-order valence-corrected chi connectivity index (χ3v) is 32.0. The van der Waals surface area contributed by atoms with Gasteiger partial charge in [-0.1, -0.05) is 352 Å². The summed E-state index contributed by atoms with van der Waals surface area (Å²) in [5, 5.41) is 16.6. The monoisotopic (exact) mass is 1750 g/mol. The van der Waals surface area contributed by atoms with Crippen molar-refractivity contribution in [2.75, 3.05) is 0 Å². The lowest BCUT2D eigenvalue weighted by atomic mass is 9.97. The Bertz CT molecular complexity index is 8320. The number of aromatic nitrogens is 11. The fourth-order valence-corrected chi connectivity index (χ4v) is 24.8. The molecule has 0 unspecified atom stereocenters. The van der Waals surface area contributed by atoms with Crippen molar-refractivity contribution < 1.29 is 9.13 Å². The predicted molar refractivity (Wildman–Crippen MR) is 538 cm³/mol. The lowest BCUT2D eigenvalue weighted by Crippen LogP contribution is -2.24. The molecule has 0 bridgehead atoms. The Hall–Kier alpha value is -15.5. The number of fused-ring (bicyclic) bond motifs is 18. The van der Waals surface area contributed by atoms with E-state index < -0.39 is 14.3 Å². The van der Waals surface area contributed by atoms with Crippen LogP contribution in [-0.4, -0.2) is 51.2 Å². The van der Waals surface area contributed by atoms with Crippen LogP contribution in [0, 0.1) is 0 Å². The van der Waals surface area contributed by atoms with Crippen LogP contribution in [0.3, 0.4) is 0 Å². The first kappa shape index (κ1) is 78.2. The normalized spacial score (nSPS) is 11.8. The molecule has 0 aliphatic carbocycles. The highest BCUT2D eigenvalue weighted by molar-refractivity contribution is 7.85. The molecule has 17 aromatic carbocycles. The zero-order valence-electron chi connectivity index (χ0n) is 68.7. The van der Waals surface area contributed by atoms with E-state index in [9.17, 15) is 9.13 Å². The second-order valence-corrected chi connectivity index (χ2v) is 38.8. The number of hydrogen-bond acceptors (Lipinski definition) is 16. The Morgan fingerprint density at radius 3 is 0.760 bits per heavy atom. The maximum atomic E-state index is 14.8. The summed E-state index contributed by atoms with van der Waals surface area (Å²) in [5.41, 5.74) is 23.9. The molecule has 8 aromatic heterocycles. The predicted octanol–water partition coefficient (Wildman–Crippen LogP) is 26.2. The molecule has 0 fully saturated rings. The third-order valence-electron chi connectivity index (χ3n) is 24.2. The van der Waals surface area contributed by atoms with Crippen molar-refractivity contribution in [2.45, 2.75) is 0 Å². The van der Waals surface area contributed by atoms with Gasteiger partial charge in [-0.25, -0.2) is 24.9 Å². The molecule has 0 aliphatic heterocycles. The Labute approximate surface area is 752 Å². The molecule has 0 radical (unpaired) electrons. The smallest absolute Gasteiger partial charge is 0.171 e. The zero-order chi connectivity index (χ0) is 85.9. The SMILES string of the molecule is O=P(c1ccccc1)(c1ccccc1)c1ccc(-c2ccc3c(c2)nc(-c2ccccc2)c2ccc4nsnc4c23)cc1.O=P(c1ccccc1)(c1ccccc1)c1ccc(-c2ccc3c(c2)nc(-c2ccccc2)c2ccc4nsnc4c23)cc1.c1ccc(-c2ccc3ccc4ccc(-c5ccc6c(c5)nc(-c5ccccc5)c5ccc7nsnc7c56)nc4c3n2)cc1. The van der Waals surface area contributed by atoms with Gasteiger partial charge in [0.2, 0.25) is 0 Å². The van der Waals surface area contributed by atoms with E-state index in [0.717, 1.165) is 230 Å². The van der Waals surface area contributed by atoms with Crippen LogP contribution in [-0.2, 0) is 9.13 Å². The maximum absolute atomic E-state index is 14.8. The number of benzene rings is 17. The maximum Gasteiger partial charge on any atom is 0.171 e. The van der Waals surface area contributed by atoms with Gasteiger partial charge in [0, 0.05) is 119 Å². The van der Waals surface area contributed by atoms with E-state index in [1.165, 1.54) is 35.2 Å². The van der Waals surface area contributed by atoms with E-state index in [0.29, 0.717) is 0 Å². The Morgan fingerprint density at radius 1 is 0.178 bits per heavy atom. The molecule has 13 nitrogen and oxygen atoms in total. The van der Waals surface area contributed by atoms with Crippen LogP contribution < -0.4 is 31.8 Å². The van der Waals surface area contributed by atoms with E-state index >= 15 is 0 Å². The highest BCUT2D eigenvalue weighted by Gasteiger charge is 2.32. The van der Waals surface area contributed by atoms with Gasteiger partial charge in [0.05, 0.1) is 91.2 Å². The van der Waals surface area contributed by atoms with Crippen LogP contribution in [0.1, 0.15) is 0 Å². The minimum atomic E-state index is -3.04. The Morgan fingerprint density at radius 2 is 0.434 bits per heavy atom. The lowest BCUT2D eigenvalue weighted by Gasteiger charge is -2.20. The van der Waals surface area contributed by atoms with Gasteiger partial charge in [-0.3, -0.25) is 0 Å². The number of hydrogen-bond donors (Lipinski definition) is 0. The number of nitrogens with zero attached hydrogens (tertiary/aromatic N) is 11. The van der Waals surface area contributed by atoms with Crippen molar-refractivity contribution in [2.24, 2.45) is 0 Å². The van der Waals surface area contributed by atoms with Crippen LogP contribution in [0.25, 0.3) is 198 Å². The van der Waals surface area contributed by atoms with Crippen LogP contribution in [0.2, 0.25) is 0 Å². The summed E-state index contributed by atoms with van der Waals surface area (Å²) in [6, 6.07) is 141. The summed E-state index contributed by atoms with van der Waals surface area (Å²) < 4.78 is 57.2. The quantitative estimate of drug-likeness (QED) is 0.0788. The van der Waals surface area contributed by atoms with Crippen LogP contribution in [0.5, 0.6) is 0 Å². The van der Waals surface area contributed by atoms with Crippen LogP contribution >= 0.6 is 49.5 Å². The Kier molecular flexibility index (Phi) is 20.1. The summed E-state index contributed by atoms with van der Waals surface area (Å²) in [5.74, 6) is 0. The van der Waals surface area contributed by atoms with Crippen molar-refractivity contribution in [3.05, 3.63) is 419 Å². The molecule has 25 rings (SSSR count). The average Bonchev–Trinajstić information content (AvgIpc) is 1.73. The molecule has 608 valence electrons. The molecule has 0 atom stereocenters. The van der Waals surface area contributed by atoms with E-state index in [2.05, 4.69) is 208 Å². The average molecular weight is 1750 g/mol. The van der Waals surface area contributed by atoms with E-state index in [1.807, 2.05) is 237 Å². The first-order chi connectivity index (χ1) is 63.7. The zero-order valence-corrected chi connectivity index (χ0v) is 72.9. The first-order valence-electron chi connectivity index (χ1n) is 42.2. The minimum absolute atomic E-state index is 0.809. The van der Waals surface area contributed by atoms with Gasteiger partial charge in [-0.15, -0.1) is 0 Å². The minimum Gasteiger partial charge on any atom is -0.309 e. The molecule has 25 aromatic rings. The summed E-state index contributed by atoms with van der Waals surface area (Å²) in [4.78, 5) is 25.9. The second-order valence-electron chi connectivity index (χ2n) is 31.7. The molecule has 0 amide bonds. The first-order valence-corrected chi connectivity index (χ1v) is 47.8. The van der Waals surface area contributed by atoms with Gasteiger partial charge < -0.3 is 9.13 Å². The topological polar surface area (TPSA) is 176 Å². The van der Waals surface area contributed by atoms with Crippen molar-refractivity contribution in [1.29, 1.82) is 0 Å². The van der Waals surface area contributed by atoms with Crippen LogP contribution in [0.15, 0.2) is 419 Å². The van der Waals surface area contributed by atoms with Gasteiger partial charge >= 0.3 is 0 Å². The van der Waals surface area contributed by atoms with Gasteiger partial charge in [-0.05, 0) is 89.0 Å². The van der Waals surface area contributed by atoms with Gasteiger partial charge in [0.1, 0.15) is 33.1 Å². The molecule has 0 spiro atoms. The highest BCUT2D eigenvalue weighted by atomic mass is 32.1. The molecule has 0 saturated carbocycles. The Balaban J connectivity index is 0.000000110. The van der Waals surface area contributed by atoms with Gasteiger partial charge in [0.15, 0.2) is 14.3 Å². The summed E-state index contributed by atoms with van der Waals surface area (Å²) in [6.45, 7) is 0. The van der Waals surface area contributed by atoms with Crippen LogP contribution in [0.4, 0.5) is 0 Å². The molecular weight excluding hydrogens is 1680 g/mol. The van der Waals surface area contributed by atoms with Crippen molar-refractivity contribution in [3.8, 4) is 78.5 Å². The highest BCUT2D eigenvalue weighted by Crippen LogP contribution is 2.47. The van der Waals surface area contributed by atoms with E-state index in [-0.39, 0.29) is 0 Å². The molecule has 18 heteroatoms. The fraction of sp³-hybridized carbons (Fsp3) is 0. The molecule has 0 saturated heterocycles. The van der Waals surface area contributed by atoms with Crippen molar-refractivity contribution >= 4 is 201 Å². The lowest BCUT2D eigenvalue weighted by molar-refractivity contribution is 0.591. The number of rotatable bonds is 13.